The van der Waals surface area contributed by atoms with Gasteiger partial charge in [-0.2, -0.15) is 0 Å². The fraction of sp³-hybridized carbons (Fsp3) is 0.200. The maximum Gasteiger partial charge on any atom is 0.340 e. The van der Waals surface area contributed by atoms with E-state index in [9.17, 15) is 9.18 Å². The molecule has 0 spiro atoms. The first-order chi connectivity index (χ1) is 10.1. The van der Waals surface area contributed by atoms with E-state index in [1.165, 1.54) is 31.5 Å². The van der Waals surface area contributed by atoms with Gasteiger partial charge in [-0.15, -0.1) is 0 Å². The molecule has 2 rings (SSSR count). The molecular weight excluding hydrogens is 273 g/mol. The molecule has 21 heavy (non-hydrogen) atoms. The van der Waals surface area contributed by atoms with Gasteiger partial charge in [0.1, 0.15) is 5.82 Å². The fourth-order valence-corrected chi connectivity index (χ4v) is 2.06. The lowest BCUT2D eigenvalue weighted by Gasteiger charge is -2.24. The standard InChI is InChI=1S/C15H16FN3O2/c1-3-19(11-6-4-5-10(16)9-11)14-13(17)12(7-8-18-14)15(20)21-2/h4-9H,3,17H2,1-2H3. The van der Waals surface area contributed by atoms with Crippen molar-refractivity contribution >= 4 is 23.2 Å². The van der Waals surface area contributed by atoms with Gasteiger partial charge in [0.25, 0.3) is 0 Å². The van der Waals surface area contributed by atoms with Gasteiger partial charge in [0.15, 0.2) is 5.82 Å². The topological polar surface area (TPSA) is 68.5 Å². The van der Waals surface area contributed by atoms with Crippen LogP contribution in [0.4, 0.5) is 21.6 Å². The average molecular weight is 289 g/mol. The second-order valence-electron chi connectivity index (χ2n) is 4.31. The Hall–Kier alpha value is -2.63. The van der Waals surface area contributed by atoms with E-state index in [4.69, 9.17) is 5.73 Å². The number of esters is 1. The van der Waals surface area contributed by atoms with Crippen molar-refractivity contribution in [2.75, 3.05) is 24.3 Å². The monoisotopic (exact) mass is 289 g/mol. The molecule has 0 saturated heterocycles. The van der Waals surface area contributed by atoms with Crippen molar-refractivity contribution < 1.29 is 13.9 Å². The van der Waals surface area contributed by atoms with Gasteiger partial charge in [0.2, 0.25) is 0 Å². The number of hydrogen-bond acceptors (Lipinski definition) is 5. The van der Waals surface area contributed by atoms with Crippen molar-refractivity contribution in [3.05, 3.63) is 47.9 Å². The molecular formula is C15H16FN3O2. The number of benzene rings is 1. The number of methoxy groups -OCH3 is 1. The Morgan fingerprint density at radius 3 is 2.81 bits per heavy atom. The Balaban J connectivity index is 2.51. The van der Waals surface area contributed by atoms with Crippen molar-refractivity contribution in [2.24, 2.45) is 0 Å². The van der Waals surface area contributed by atoms with Gasteiger partial charge in [-0.25, -0.2) is 14.2 Å². The molecule has 6 heteroatoms. The van der Waals surface area contributed by atoms with E-state index in [0.29, 0.717) is 18.1 Å². The van der Waals surface area contributed by atoms with E-state index in [0.717, 1.165) is 0 Å². The third-order valence-electron chi connectivity index (χ3n) is 3.07. The van der Waals surface area contributed by atoms with Crippen molar-refractivity contribution in [3.63, 3.8) is 0 Å². The molecule has 0 amide bonds. The number of nitrogen functional groups attached to an aromatic ring is 1. The Morgan fingerprint density at radius 1 is 1.43 bits per heavy atom. The van der Waals surface area contributed by atoms with Crippen molar-refractivity contribution in [1.82, 2.24) is 4.98 Å². The Labute approximate surface area is 122 Å². The van der Waals surface area contributed by atoms with Gasteiger partial charge in [0, 0.05) is 18.4 Å². The predicted octanol–water partition coefficient (Wildman–Crippen LogP) is 2.75. The highest BCUT2D eigenvalue weighted by molar-refractivity contribution is 5.98. The lowest BCUT2D eigenvalue weighted by Crippen LogP contribution is -2.20. The summed E-state index contributed by atoms with van der Waals surface area (Å²) in [5.41, 5.74) is 7.06. The Kier molecular flexibility index (Phi) is 4.37. The molecule has 1 aromatic heterocycles. The van der Waals surface area contributed by atoms with E-state index >= 15 is 0 Å². The second-order valence-corrected chi connectivity index (χ2v) is 4.31. The van der Waals surface area contributed by atoms with Gasteiger partial charge in [-0.05, 0) is 31.2 Å². The number of ether oxygens (including phenoxy) is 1. The summed E-state index contributed by atoms with van der Waals surface area (Å²) in [6, 6.07) is 7.59. The van der Waals surface area contributed by atoms with Crippen molar-refractivity contribution in [3.8, 4) is 0 Å². The summed E-state index contributed by atoms with van der Waals surface area (Å²) in [5, 5.41) is 0. The molecule has 5 nitrogen and oxygen atoms in total. The molecule has 0 aliphatic carbocycles. The number of carbonyl (C=O) groups excluding carboxylic acids is 1. The number of rotatable bonds is 4. The first-order valence-electron chi connectivity index (χ1n) is 6.44. The van der Waals surface area contributed by atoms with E-state index in [2.05, 4.69) is 9.72 Å². The molecule has 0 saturated carbocycles. The largest absolute Gasteiger partial charge is 0.465 e. The number of nitrogens with zero attached hydrogens (tertiary/aromatic N) is 2. The number of pyridine rings is 1. The normalized spacial score (nSPS) is 10.2. The quantitative estimate of drug-likeness (QED) is 0.876. The summed E-state index contributed by atoms with van der Waals surface area (Å²) in [4.78, 5) is 17.6. The highest BCUT2D eigenvalue weighted by Gasteiger charge is 2.18. The molecule has 2 N–H and O–H groups in total. The summed E-state index contributed by atoms with van der Waals surface area (Å²) in [6.07, 6.45) is 1.47. The molecule has 0 atom stereocenters. The summed E-state index contributed by atoms with van der Waals surface area (Å²) in [5.74, 6) is -0.494. The van der Waals surface area contributed by atoms with Crippen LogP contribution in [0.25, 0.3) is 0 Å². The number of hydrogen-bond donors (Lipinski definition) is 1. The Morgan fingerprint density at radius 2 is 2.19 bits per heavy atom. The molecule has 0 aliphatic rings. The minimum absolute atomic E-state index is 0.204. The summed E-state index contributed by atoms with van der Waals surface area (Å²) < 4.78 is 18.1. The van der Waals surface area contributed by atoms with Crippen LogP contribution in [0, 0.1) is 5.82 Å². The third-order valence-corrected chi connectivity index (χ3v) is 3.07. The predicted molar refractivity (Wildman–Crippen MR) is 79.1 cm³/mol. The van der Waals surface area contributed by atoms with Crippen LogP contribution in [0.3, 0.4) is 0 Å². The van der Waals surface area contributed by atoms with Crippen LogP contribution in [0.15, 0.2) is 36.5 Å². The van der Waals surface area contributed by atoms with Crippen molar-refractivity contribution in [1.29, 1.82) is 0 Å². The molecule has 2 aromatic rings. The number of anilines is 3. The molecule has 0 unspecified atom stereocenters. The molecule has 0 bridgehead atoms. The van der Waals surface area contributed by atoms with E-state index in [1.807, 2.05) is 6.92 Å². The first-order valence-corrected chi connectivity index (χ1v) is 6.44. The zero-order valence-corrected chi connectivity index (χ0v) is 11.8. The lowest BCUT2D eigenvalue weighted by molar-refractivity contribution is 0.0602. The zero-order valence-electron chi connectivity index (χ0n) is 11.8. The lowest BCUT2D eigenvalue weighted by atomic mass is 10.2. The van der Waals surface area contributed by atoms with Crippen LogP contribution in [0.1, 0.15) is 17.3 Å². The average Bonchev–Trinajstić information content (AvgIpc) is 2.49. The van der Waals surface area contributed by atoms with Gasteiger partial charge >= 0.3 is 5.97 Å². The van der Waals surface area contributed by atoms with Crippen LogP contribution in [0.2, 0.25) is 0 Å². The van der Waals surface area contributed by atoms with E-state index < -0.39 is 5.97 Å². The maximum absolute atomic E-state index is 13.4. The molecule has 0 fully saturated rings. The smallest absolute Gasteiger partial charge is 0.340 e. The summed E-state index contributed by atoms with van der Waals surface area (Å²) in [7, 11) is 1.28. The van der Waals surface area contributed by atoms with Gasteiger partial charge in [-0.1, -0.05) is 6.07 Å². The van der Waals surface area contributed by atoms with Gasteiger partial charge in [-0.3, -0.25) is 0 Å². The third kappa shape index (κ3) is 2.94. The Bertz CT molecular complexity index is 661. The second kappa shape index (κ2) is 6.21. The molecule has 1 aromatic carbocycles. The number of carbonyl (C=O) groups is 1. The minimum atomic E-state index is -0.536. The highest BCUT2D eigenvalue weighted by Crippen LogP contribution is 2.30. The SMILES string of the molecule is CCN(c1cccc(F)c1)c1nccc(C(=O)OC)c1N. The van der Waals surface area contributed by atoms with Crippen LogP contribution in [-0.2, 0) is 4.74 Å². The fourth-order valence-electron chi connectivity index (χ4n) is 2.06. The van der Waals surface area contributed by atoms with Crippen LogP contribution >= 0.6 is 0 Å². The van der Waals surface area contributed by atoms with Crippen LogP contribution in [-0.4, -0.2) is 24.6 Å². The summed E-state index contributed by atoms with van der Waals surface area (Å²) >= 11 is 0. The molecule has 0 aliphatic heterocycles. The highest BCUT2D eigenvalue weighted by atomic mass is 19.1. The number of nitrogens with two attached hydrogens (primary N) is 1. The van der Waals surface area contributed by atoms with Crippen LogP contribution in [0.5, 0.6) is 0 Å². The summed E-state index contributed by atoms with van der Waals surface area (Å²) in [6.45, 7) is 2.40. The van der Waals surface area contributed by atoms with Crippen molar-refractivity contribution in [2.45, 2.75) is 6.92 Å². The molecule has 0 radical (unpaired) electrons. The van der Waals surface area contributed by atoms with Gasteiger partial charge in [0.05, 0.1) is 18.4 Å². The van der Waals surface area contributed by atoms with E-state index in [-0.39, 0.29) is 17.1 Å². The number of halogens is 1. The zero-order chi connectivity index (χ0) is 15.4. The maximum atomic E-state index is 13.4. The number of aromatic nitrogens is 1. The minimum Gasteiger partial charge on any atom is -0.465 e. The molecule has 1 heterocycles. The van der Waals surface area contributed by atoms with Gasteiger partial charge < -0.3 is 15.4 Å². The van der Waals surface area contributed by atoms with Crippen LogP contribution < -0.4 is 10.6 Å². The first kappa shape index (κ1) is 14.8. The van der Waals surface area contributed by atoms with E-state index in [1.54, 1.807) is 17.0 Å². The molecule has 110 valence electrons.